The predicted molar refractivity (Wildman–Crippen MR) is 70.7 cm³/mol. The van der Waals surface area contributed by atoms with Crippen LogP contribution in [0, 0.1) is 0 Å². The van der Waals surface area contributed by atoms with Gasteiger partial charge < -0.3 is 15.4 Å². The molecule has 2 aromatic rings. The number of rotatable bonds is 5. The van der Waals surface area contributed by atoms with Crippen LogP contribution in [0.5, 0.6) is 0 Å². The third-order valence-electron chi connectivity index (χ3n) is 3.16. The molecule has 0 bridgehead atoms. The van der Waals surface area contributed by atoms with Crippen molar-refractivity contribution in [2.75, 3.05) is 11.9 Å². The molecule has 0 radical (unpaired) electrons. The Morgan fingerprint density at radius 1 is 1.39 bits per heavy atom. The lowest BCUT2D eigenvalue weighted by Crippen LogP contribution is -2.35. The van der Waals surface area contributed by atoms with E-state index >= 15 is 0 Å². The van der Waals surface area contributed by atoms with Gasteiger partial charge in [-0.2, -0.15) is 9.97 Å². The third-order valence-corrected chi connectivity index (χ3v) is 3.33. The fourth-order valence-corrected chi connectivity index (χ4v) is 1.85. The molecule has 0 aromatic carbocycles. The molecular formula is C11H16ClN5O. The van der Waals surface area contributed by atoms with Crippen LogP contribution in [0.3, 0.4) is 0 Å². The molecule has 0 fully saturated rings. The third kappa shape index (κ3) is 2.54. The highest BCUT2D eigenvalue weighted by atomic mass is 35.5. The summed E-state index contributed by atoms with van der Waals surface area (Å²) in [6.45, 7) is 4.30. The molecule has 18 heavy (non-hydrogen) atoms. The number of hydrogen-bond donors (Lipinski definition) is 3. The first-order valence-electron chi connectivity index (χ1n) is 5.91. The highest BCUT2D eigenvalue weighted by Gasteiger charge is 2.22. The number of H-pyrrole nitrogens is 1. The van der Waals surface area contributed by atoms with Crippen molar-refractivity contribution in [2.45, 2.75) is 32.3 Å². The average molecular weight is 270 g/mol. The van der Waals surface area contributed by atoms with Gasteiger partial charge in [0.1, 0.15) is 5.52 Å². The van der Waals surface area contributed by atoms with Gasteiger partial charge in [0.05, 0.1) is 11.9 Å². The number of aromatic nitrogens is 4. The fourth-order valence-electron chi connectivity index (χ4n) is 1.68. The number of nitrogens with zero attached hydrogens (tertiary/aromatic N) is 3. The zero-order valence-electron chi connectivity index (χ0n) is 10.4. The maximum atomic E-state index is 10.2. The van der Waals surface area contributed by atoms with Crippen LogP contribution in [-0.4, -0.2) is 37.2 Å². The maximum Gasteiger partial charge on any atom is 0.226 e. The highest BCUT2D eigenvalue weighted by molar-refractivity contribution is 6.28. The summed E-state index contributed by atoms with van der Waals surface area (Å²) in [5.41, 5.74) is 0.451. The number of anilines is 1. The minimum Gasteiger partial charge on any atom is -0.388 e. The molecule has 3 N–H and O–H groups in total. The molecule has 0 aliphatic carbocycles. The molecule has 6 nitrogen and oxygen atoms in total. The predicted octanol–water partition coefficient (Wildman–Crippen LogP) is 1.97. The molecule has 2 heterocycles. The fraction of sp³-hybridized carbons (Fsp3) is 0.545. The number of hydrogen-bond acceptors (Lipinski definition) is 5. The van der Waals surface area contributed by atoms with Crippen molar-refractivity contribution in [1.82, 2.24) is 19.9 Å². The summed E-state index contributed by atoms with van der Waals surface area (Å²) in [5, 5.41) is 13.5. The molecule has 2 aromatic heterocycles. The molecule has 98 valence electrons. The van der Waals surface area contributed by atoms with E-state index in [0.717, 1.165) is 0 Å². The van der Waals surface area contributed by atoms with Crippen molar-refractivity contribution in [3.05, 3.63) is 11.6 Å². The van der Waals surface area contributed by atoms with Gasteiger partial charge in [-0.1, -0.05) is 13.8 Å². The van der Waals surface area contributed by atoms with Gasteiger partial charge in [-0.25, -0.2) is 4.98 Å². The van der Waals surface area contributed by atoms with Gasteiger partial charge in [0, 0.05) is 6.54 Å². The summed E-state index contributed by atoms with van der Waals surface area (Å²) < 4.78 is 0. The SMILES string of the molecule is CCC(O)(CC)CNc1nc(Cl)nc2nc[nH]c12. The van der Waals surface area contributed by atoms with E-state index in [2.05, 4.69) is 25.3 Å². The first-order chi connectivity index (χ1) is 8.58. The molecule has 0 aliphatic rings. The minimum atomic E-state index is -0.746. The number of nitrogens with one attached hydrogen (secondary N) is 2. The van der Waals surface area contributed by atoms with E-state index in [1.165, 1.54) is 6.33 Å². The van der Waals surface area contributed by atoms with Crippen LogP contribution in [0.4, 0.5) is 5.82 Å². The lowest BCUT2D eigenvalue weighted by atomic mass is 9.98. The summed E-state index contributed by atoms with van der Waals surface area (Å²) in [6, 6.07) is 0. The minimum absolute atomic E-state index is 0.133. The lowest BCUT2D eigenvalue weighted by molar-refractivity contribution is 0.0456. The smallest absolute Gasteiger partial charge is 0.226 e. The average Bonchev–Trinajstić information content (AvgIpc) is 2.83. The van der Waals surface area contributed by atoms with Crippen molar-refractivity contribution in [2.24, 2.45) is 0 Å². The van der Waals surface area contributed by atoms with Gasteiger partial charge in [0.25, 0.3) is 0 Å². The Morgan fingerprint density at radius 3 is 2.78 bits per heavy atom. The van der Waals surface area contributed by atoms with Crippen molar-refractivity contribution >= 4 is 28.6 Å². The van der Waals surface area contributed by atoms with Crippen LogP contribution in [0.1, 0.15) is 26.7 Å². The van der Waals surface area contributed by atoms with Crippen LogP contribution in [0.2, 0.25) is 5.28 Å². The Balaban J connectivity index is 2.24. The van der Waals surface area contributed by atoms with Crippen LogP contribution < -0.4 is 5.32 Å². The van der Waals surface area contributed by atoms with Gasteiger partial charge in [-0.3, -0.25) is 0 Å². The lowest BCUT2D eigenvalue weighted by Gasteiger charge is -2.25. The van der Waals surface area contributed by atoms with E-state index in [1.54, 1.807) is 0 Å². The Kier molecular flexibility index (Phi) is 3.68. The topological polar surface area (TPSA) is 86.7 Å². The second-order valence-electron chi connectivity index (χ2n) is 4.23. The zero-order valence-corrected chi connectivity index (χ0v) is 11.1. The van der Waals surface area contributed by atoms with E-state index in [9.17, 15) is 5.11 Å². The number of fused-ring (bicyclic) bond motifs is 1. The molecule has 7 heteroatoms. The second-order valence-corrected chi connectivity index (χ2v) is 4.57. The van der Waals surface area contributed by atoms with Crippen molar-refractivity contribution in [3.8, 4) is 0 Å². The standard InChI is InChI=1S/C11H16ClN5O/c1-3-11(18,4-2)5-13-8-7-9(15-6-14-7)17-10(12)16-8/h6,18H,3-5H2,1-2H3,(H2,13,14,15,16,17). The van der Waals surface area contributed by atoms with Gasteiger partial charge in [-0.15, -0.1) is 0 Å². The van der Waals surface area contributed by atoms with E-state index < -0.39 is 5.60 Å². The van der Waals surface area contributed by atoms with Gasteiger partial charge in [-0.05, 0) is 24.4 Å². The summed E-state index contributed by atoms with van der Waals surface area (Å²) in [5.74, 6) is 0.558. The second kappa shape index (κ2) is 5.07. The number of imidazole rings is 1. The number of aromatic amines is 1. The van der Waals surface area contributed by atoms with E-state index in [4.69, 9.17) is 11.6 Å². The van der Waals surface area contributed by atoms with Gasteiger partial charge in [0.2, 0.25) is 5.28 Å². The molecule has 0 aliphatic heterocycles. The maximum absolute atomic E-state index is 10.2. The van der Waals surface area contributed by atoms with Crippen molar-refractivity contribution in [1.29, 1.82) is 0 Å². The normalized spacial score (nSPS) is 12.0. The number of aliphatic hydroxyl groups is 1. The summed E-state index contributed by atoms with van der Waals surface area (Å²) in [4.78, 5) is 15.1. The van der Waals surface area contributed by atoms with Crippen molar-refractivity contribution in [3.63, 3.8) is 0 Å². The van der Waals surface area contributed by atoms with Crippen molar-refractivity contribution < 1.29 is 5.11 Å². The summed E-state index contributed by atoms with van der Waals surface area (Å²) in [7, 11) is 0. The number of halogens is 1. The molecule has 2 rings (SSSR count). The van der Waals surface area contributed by atoms with Crippen LogP contribution in [0.15, 0.2) is 6.33 Å². The largest absolute Gasteiger partial charge is 0.388 e. The first-order valence-corrected chi connectivity index (χ1v) is 6.28. The molecule has 0 saturated carbocycles. The van der Waals surface area contributed by atoms with Crippen LogP contribution in [-0.2, 0) is 0 Å². The van der Waals surface area contributed by atoms with E-state index in [0.29, 0.717) is 36.4 Å². The Hall–Kier alpha value is -1.40. The molecule has 0 amide bonds. The summed E-state index contributed by atoms with van der Waals surface area (Å²) in [6.07, 6.45) is 2.87. The zero-order chi connectivity index (χ0) is 13.2. The Labute approximate surface area is 110 Å². The molecule has 0 spiro atoms. The van der Waals surface area contributed by atoms with Gasteiger partial charge in [0.15, 0.2) is 11.5 Å². The Morgan fingerprint density at radius 2 is 2.11 bits per heavy atom. The molecular weight excluding hydrogens is 254 g/mol. The monoisotopic (exact) mass is 269 g/mol. The van der Waals surface area contributed by atoms with Gasteiger partial charge >= 0.3 is 0 Å². The van der Waals surface area contributed by atoms with E-state index in [1.807, 2.05) is 13.8 Å². The van der Waals surface area contributed by atoms with Crippen LogP contribution in [0.25, 0.3) is 11.2 Å². The molecule has 0 saturated heterocycles. The van der Waals surface area contributed by atoms with E-state index in [-0.39, 0.29) is 5.28 Å². The Bertz CT molecular complexity index is 537. The summed E-state index contributed by atoms with van der Waals surface area (Å²) >= 11 is 5.82. The highest BCUT2D eigenvalue weighted by Crippen LogP contribution is 2.21. The molecule has 0 unspecified atom stereocenters. The van der Waals surface area contributed by atoms with Crippen LogP contribution >= 0.6 is 11.6 Å². The first kappa shape index (κ1) is 13.0. The molecule has 0 atom stereocenters. The quantitative estimate of drug-likeness (QED) is 0.723.